The van der Waals surface area contributed by atoms with Crippen LogP contribution in [0.5, 0.6) is 0 Å². The van der Waals surface area contributed by atoms with Crippen LogP contribution >= 0.6 is 11.8 Å². The third-order valence-electron chi connectivity index (χ3n) is 2.45. The van der Waals surface area contributed by atoms with Crippen molar-refractivity contribution in [2.45, 2.75) is 31.4 Å². The van der Waals surface area contributed by atoms with Crippen LogP contribution in [-0.2, 0) is 0 Å². The molecule has 0 amide bonds. The molecule has 1 aromatic carbocycles. The fourth-order valence-corrected chi connectivity index (χ4v) is 2.69. The summed E-state index contributed by atoms with van der Waals surface area (Å²) in [5.74, 6) is 1.23. The zero-order chi connectivity index (χ0) is 10.9. The minimum atomic E-state index is 0.475. The molecular formula is C13H21NS. The molecular weight excluding hydrogens is 202 g/mol. The molecule has 1 atom stereocenters. The molecule has 2 heteroatoms. The van der Waals surface area contributed by atoms with Crippen molar-refractivity contribution in [2.24, 2.45) is 5.73 Å². The minimum Gasteiger partial charge on any atom is -0.329 e. The van der Waals surface area contributed by atoms with E-state index in [1.54, 1.807) is 0 Å². The first kappa shape index (κ1) is 12.6. The SMILES string of the molecule is CCCCCSC(CN)c1ccccc1. The van der Waals surface area contributed by atoms with Gasteiger partial charge < -0.3 is 5.73 Å². The number of hydrogen-bond acceptors (Lipinski definition) is 2. The molecule has 0 heterocycles. The van der Waals surface area contributed by atoms with Gasteiger partial charge in [-0.15, -0.1) is 0 Å². The van der Waals surface area contributed by atoms with Crippen LogP contribution in [0.25, 0.3) is 0 Å². The van der Waals surface area contributed by atoms with Crippen LogP contribution < -0.4 is 5.73 Å². The zero-order valence-electron chi connectivity index (χ0n) is 9.49. The number of nitrogens with two attached hydrogens (primary N) is 1. The summed E-state index contributed by atoms with van der Waals surface area (Å²) in [6.07, 6.45) is 3.93. The van der Waals surface area contributed by atoms with Crippen LogP contribution in [0.4, 0.5) is 0 Å². The molecule has 1 nitrogen and oxygen atoms in total. The molecule has 0 saturated heterocycles. The monoisotopic (exact) mass is 223 g/mol. The van der Waals surface area contributed by atoms with Crippen molar-refractivity contribution >= 4 is 11.8 Å². The molecule has 1 rings (SSSR count). The van der Waals surface area contributed by atoms with Gasteiger partial charge in [-0.05, 0) is 17.7 Å². The predicted molar refractivity (Wildman–Crippen MR) is 70.2 cm³/mol. The summed E-state index contributed by atoms with van der Waals surface area (Å²) in [4.78, 5) is 0. The van der Waals surface area contributed by atoms with Crippen LogP contribution in [0.3, 0.4) is 0 Å². The maximum absolute atomic E-state index is 5.80. The first-order valence-electron chi connectivity index (χ1n) is 5.75. The maximum atomic E-state index is 5.80. The van der Waals surface area contributed by atoms with E-state index in [0.29, 0.717) is 5.25 Å². The van der Waals surface area contributed by atoms with Crippen molar-refractivity contribution in [3.63, 3.8) is 0 Å². The number of benzene rings is 1. The molecule has 0 aromatic heterocycles. The highest BCUT2D eigenvalue weighted by molar-refractivity contribution is 7.99. The largest absolute Gasteiger partial charge is 0.329 e. The van der Waals surface area contributed by atoms with Crippen LogP contribution in [0.15, 0.2) is 30.3 Å². The summed E-state index contributed by atoms with van der Waals surface area (Å²) < 4.78 is 0. The first-order chi connectivity index (χ1) is 7.38. The lowest BCUT2D eigenvalue weighted by molar-refractivity contribution is 0.776. The van der Waals surface area contributed by atoms with E-state index in [4.69, 9.17) is 5.73 Å². The Balaban J connectivity index is 2.36. The second-order valence-electron chi connectivity index (χ2n) is 3.71. The van der Waals surface area contributed by atoms with Gasteiger partial charge in [0.15, 0.2) is 0 Å². The van der Waals surface area contributed by atoms with Gasteiger partial charge in [0, 0.05) is 11.8 Å². The Morgan fingerprint density at radius 3 is 2.53 bits per heavy atom. The summed E-state index contributed by atoms with van der Waals surface area (Å²) in [6.45, 7) is 2.98. The standard InChI is InChI=1S/C13H21NS/c1-2-3-7-10-15-13(11-14)12-8-5-4-6-9-12/h4-6,8-9,13H,2-3,7,10-11,14H2,1H3. The molecule has 0 spiro atoms. The number of rotatable bonds is 7. The van der Waals surface area contributed by atoms with Crippen LogP contribution in [-0.4, -0.2) is 12.3 Å². The molecule has 0 bridgehead atoms. The second kappa shape index (κ2) is 7.77. The van der Waals surface area contributed by atoms with E-state index < -0.39 is 0 Å². The fraction of sp³-hybridized carbons (Fsp3) is 0.538. The Morgan fingerprint density at radius 1 is 1.20 bits per heavy atom. The topological polar surface area (TPSA) is 26.0 Å². The van der Waals surface area contributed by atoms with Gasteiger partial charge in [-0.3, -0.25) is 0 Å². The Kier molecular flexibility index (Phi) is 6.53. The van der Waals surface area contributed by atoms with Crippen molar-refractivity contribution in [3.8, 4) is 0 Å². The molecule has 0 saturated carbocycles. The van der Waals surface area contributed by atoms with Gasteiger partial charge in [0.05, 0.1) is 0 Å². The third-order valence-corrected chi connectivity index (χ3v) is 3.84. The molecule has 0 aliphatic carbocycles. The van der Waals surface area contributed by atoms with Gasteiger partial charge in [0.25, 0.3) is 0 Å². The molecule has 15 heavy (non-hydrogen) atoms. The predicted octanol–water partition coefficient (Wildman–Crippen LogP) is 3.61. The zero-order valence-corrected chi connectivity index (χ0v) is 10.3. The third kappa shape index (κ3) is 4.72. The van der Waals surface area contributed by atoms with E-state index in [-0.39, 0.29) is 0 Å². The Morgan fingerprint density at radius 2 is 1.93 bits per heavy atom. The number of hydrogen-bond donors (Lipinski definition) is 1. The van der Waals surface area contributed by atoms with E-state index in [2.05, 4.69) is 37.3 Å². The highest BCUT2D eigenvalue weighted by atomic mass is 32.2. The molecule has 2 N–H and O–H groups in total. The van der Waals surface area contributed by atoms with Gasteiger partial charge >= 0.3 is 0 Å². The summed E-state index contributed by atoms with van der Waals surface area (Å²) in [7, 11) is 0. The number of thioether (sulfide) groups is 1. The Bertz CT molecular complexity index is 248. The van der Waals surface area contributed by atoms with Gasteiger partial charge in [-0.2, -0.15) is 11.8 Å². The van der Waals surface area contributed by atoms with Crippen molar-refractivity contribution in [1.29, 1.82) is 0 Å². The van der Waals surface area contributed by atoms with Gasteiger partial charge in [-0.25, -0.2) is 0 Å². The molecule has 0 radical (unpaired) electrons. The van der Waals surface area contributed by atoms with E-state index >= 15 is 0 Å². The lowest BCUT2D eigenvalue weighted by Gasteiger charge is -2.14. The van der Waals surface area contributed by atoms with E-state index in [1.807, 2.05) is 11.8 Å². The molecule has 0 aliphatic rings. The average Bonchev–Trinajstić information content (AvgIpc) is 2.30. The number of unbranched alkanes of at least 4 members (excludes halogenated alkanes) is 2. The molecule has 1 unspecified atom stereocenters. The van der Waals surface area contributed by atoms with Crippen LogP contribution in [0.1, 0.15) is 37.0 Å². The summed E-state index contributed by atoms with van der Waals surface area (Å²) >= 11 is 1.99. The minimum absolute atomic E-state index is 0.475. The Labute approximate surface area is 97.4 Å². The van der Waals surface area contributed by atoms with Gasteiger partial charge in [0.2, 0.25) is 0 Å². The van der Waals surface area contributed by atoms with Crippen LogP contribution in [0, 0.1) is 0 Å². The Hall–Kier alpha value is -0.470. The van der Waals surface area contributed by atoms with Gasteiger partial charge in [0.1, 0.15) is 0 Å². The van der Waals surface area contributed by atoms with Gasteiger partial charge in [-0.1, -0.05) is 50.1 Å². The fourth-order valence-electron chi connectivity index (χ4n) is 1.55. The maximum Gasteiger partial charge on any atom is 0.0419 e. The van der Waals surface area contributed by atoms with Crippen molar-refractivity contribution in [1.82, 2.24) is 0 Å². The van der Waals surface area contributed by atoms with E-state index in [1.165, 1.54) is 30.6 Å². The molecule has 1 aromatic rings. The quantitative estimate of drug-likeness (QED) is 0.715. The molecule has 84 valence electrons. The van der Waals surface area contributed by atoms with Crippen molar-refractivity contribution in [3.05, 3.63) is 35.9 Å². The highest BCUT2D eigenvalue weighted by Gasteiger charge is 2.08. The lowest BCUT2D eigenvalue weighted by atomic mass is 10.1. The van der Waals surface area contributed by atoms with Crippen molar-refractivity contribution in [2.75, 3.05) is 12.3 Å². The molecule has 0 aliphatic heterocycles. The summed E-state index contributed by atoms with van der Waals surface area (Å²) in [5.41, 5.74) is 7.16. The second-order valence-corrected chi connectivity index (χ2v) is 5.02. The van der Waals surface area contributed by atoms with Crippen LogP contribution in [0.2, 0.25) is 0 Å². The van der Waals surface area contributed by atoms with E-state index in [0.717, 1.165) is 6.54 Å². The lowest BCUT2D eigenvalue weighted by Crippen LogP contribution is -2.09. The first-order valence-corrected chi connectivity index (χ1v) is 6.80. The molecule has 0 fully saturated rings. The van der Waals surface area contributed by atoms with E-state index in [9.17, 15) is 0 Å². The normalized spacial score (nSPS) is 12.7. The summed E-state index contributed by atoms with van der Waals surface area (Å²) in [6, 6.07) is 10.6. The smallest absolute Gasteiger partial charge is 0.0419 e. The average molecular weight is 223 g/mol. The highest BCUT2D eigenvalue weighted by Crippen LogP contribution is 2.28. The summed E-state index contributed by atoms with van der Waals surface area (Å²) in [5, 5.41) is 0.475. The van der Waals surface area contributed by atoms with Crippen molar-refractivity contribution < 1.29 is 0 Å².